The van der Waals surface area contributed by atoms with E-state index in [9.17, 15) is 0 Å². The van der Waals surface area contributed by atoms with Crippen molar-refractivity contribution in [3.05, 3.63) is 64.7 Å². The van der Waals surface area contributed by atoms with E-state index in [2.05, 4.69) is 9.98 Å². The quantitative estimate of drug-likeness (QED) is 0.836. The van der Waals surface area contributed by atoms with Gasteiger partial charge in [0.05, 0.1) is 17.9 Å². The number of nitrogens with two attached hydrogens (primary N) is 1. The maximum absolute atomic E-state index is 6.08. The first-order valence-corrected chi connectivity index (χ1v) is 6.34. The minimum absolute atomic E-state index is 0. The summed E-state index contributed by atoms with van der Waals surface area (Å²) in [6.07, 6.45) is 0. The lowest BCUT2D eigenvalue weighted by atomic mass is 10.0. The molecule has 0 bridgehead atoms. The molecule has 2 N–H and O–H groups in total. The van der Waals surface area contributed by atoms with Crippen LogP contribution in [0, 0.1) is 0 Å². The van der Waals surface area contributed by atoms with E-state index in [4.69, 9.17) is 17.3 Å². The lowest BCUT2D eigenvalue weighted by Gasteiger charge is -2.08. The average Bonchev–Trinajstić information content (AvgIpc) is 2.58. The van der Waals surface area contributed by atoms with Crippen LogP contribution in [0.2, 0.25) is 5.02 Å². The van der Waals surface area contributed by atoms with Gasteiger partial charge in [-0.1, -0.05) is 41.9 Å². The zero-order chi connectivity index (χ0) is 13.2. The summed E-state index contributed by atoms with van der Waals surface area (Å²) in [5, 5.41) is 0.665. The highest BCUT2D eigenvalue weighted by molar-refractivity contribution is 6.31. The highest BCUT2D eigenvalue weighted by atomic mass is 35.5. The van der Waals surface area contributed by atoms with Crippen molar-refractivity contribution in [2.24, 2.45) is 15.7 Å². The van der Waals surface area contributed by atoms with Crippen LogP contribution in [0.3, 0.4) is 0 Å². The highest BCUT2D eigenvalue weighted by Crippen LogP contribution is 2.27. The molecule has 0 radical (unpaired) electrons. The van der Waals surface area contributed by atoms with Gasteiger partial charge in [-0.15, -0.1) is 24.8 Å². The van der Waals surface area contributed by atoms with Gasteiger partial charge in [-0.25, -0.2) is 4.99 Å². The second-order valence-corrected chi connectivity index (χ2v) is 4.73. The van der Waals surface area contributed by atoms with Crippen LogP contribution in [0.15, 0.2) is 58.5 Å². The van der Waals surface area contributed by atoms with Crippen LogP contribution in [0.4, 0.5) is 5.69 Å². The number of nitrogens with zero attached hydrogens (tertiary/aromatic N) is 2. The summed E-state index contributed by atoms with van der Waals surface area (Å²) >= 11 is 6.08. The van der Waals surface area contributed by atoms with E-state index >= 15 is 0 Å². The molecule has 1 aliphatic heterocycles. The Labute approximate surface area is 140 Å². The summed E-state index contributed by atoms with van der Waals surface area (Å²) in [4.78, 5) is 8.94. The van der Waals surface area contributed by atoms with E-state index < -0.39 is 0 Å². The maximum atomic E-state index is 6.08. The largest absolute Gasteiger partial charge is 0.386 e. The van der Waals surface area contributed by atoms with Crippen LogP contribution in [0.25, 0.3) is 0 Å². The van der Waals surface area contributed by atoms with Crippen molar-refractivity contribution in [3.63, 3.8) is 0 Å². The lowest BCUT2D eigenvalue weighted by molar-refractivity contribution is 1.27. The smallest absolute Gasteiger partial charge is 0.121 e. The molecular formula is C15H14Cl3N3. The first-order chi connectivity index (χ1) is 9.24. The Balaban J connectivity index is 0.00000110. The fourth-order valence-electron chi connectivity index (χ4n) is 2.07. The van der Waals surface area contributed by atoms with Crippen molar-refractivity contribution < 1.29 is 0 Å². The van der Waals surface area contributed by atoms with Gasteiger partial charge >= 0.3 is 0 Å². The van der Waals surface area contributed by atoms with Crippen LogP contribution in [-0.2, 0) is 0 Å². The molecule has 0 fully saturated rings. The van der Waals surface area contributed by atoms with Crippen LogP contribution >= 0.6 is 36.4 Å². The first kappa shape index (κ1) is 17.5. The van der Waals surface area contributed by atoms with E-state index in [1.807, 2.05) is 48.5 Å². The Kier molecular flexibility index (Phi) is 6.21. The fraction of sp³-hybridized carbons (Fsp3) is 0.0667. The van der Waals surface area contributed by atoms with Gasteiger partial charge in [-0.3, -0.25) is 4.99 Å². The number of amidine groups is 1. The number of hydrogen-bond acceptors (Lipinski definition) is 3. The predicted molar refractivity (Wildman–Crippen MR) is 94.2 cm³/mol. The van der Waals surface area contributed by atoms with Crippen molar-refractivity contribution in [3.8, 4) is 0 Å². The van der Waals surface area contributed by atoms with Crippen molar-refractivity contribution >= 4 is 53.6 Å². The summed E-state index contributed by atoms with van der Waals surface area (Å²) in [5.41, 5.74) is 9.48. The van der Waals surface area contributed by atoms with Gasteiger partial charge in [0.2, 0.25) is 0 Å². The van der Waals surface area contributed by atoms with Crippen LogP contribution in [0.1, 0.15) is 11.1 Å². The molecule has 21 heavy (non-hydrogen) atoms. The summed E-state index contributed by atoms with van der Waals surface area (Å²) in [6.45, 7) is 0.399. The SMILES string of the molecule is Cl.Cl.NC1=Nc2ccc(Cl)cc2C(c2ccccc2)=NC1. The number of rotatable bonds is 1. The minimum Gasteiger partial charge on any atom is -0.386 e. The van der Waals surface area contributed by atoms with Crippen molar-refractivity contribution in [1.29, 1.82) is 0 Å². The number of benzene rings is 2. The Morgan fingerprint density at radius 2 is 1.71 bits per heavy atom. The third kappa shape index (κ3) is 3.76. The van der Waals surface area contributed by atoms with Gasteiger partial charge in [-0.2, -0.15) is 0 Å². The van der Waals surface area contributed by atoms with Crippen molar-refractivity contribution in [1.82, 2.24) is 0 Å². The van der Waals surface area contributed by atoms with Gasteiger partial charge in [-0.05, 0) is 18.2 Å². The molecule has 0 atom stereocenters. The van der Waals surface area contributed by atoms with Crippen LogP contribution in [-0.4, -0.2) is 18.1 Å². The summed E-state index contributed by atoms with van der Waals surface area (Å²) in [7, 11) is 0. The predicted octanol–water partition coefficient (Wildman–Crippen LogP) is 4.02. The molecule has 1 aliphatic rings. The van der Waals surface area contributed by atoms with Gasteiger partial charge in [0, 0.05) is 16.1 Å². The highest BCUT2D eigenvalue weighted by Gasteiger charge is 2.15. The monoisotopic (exact) mass is 341 g/mol. The second kappa shape index (κ2) is 7.46. The molecule has 110 valence electrons. The second-order valence-electron chi connectivity index (χ2n) is 4.30. The lowest BCUT2D eigenvalue weighted by Crippen LogP contribution is -2.14. The molecule has 2 aromatic carbocycles. The maximum Gasteiger partial charge on any atom is 0.121 e. The normalized spacial score (nSPS) is 12.8. The standard InChI is InChI=1S/C15H12ClN3.2ClH/c16-11-6-7-13-12(8-11)15(18-9-14(17)19-13)10-4-2-1-3-5-10;;/h1-8H,9H2,(H2,17,19);2*1H. The zero-order valence-electron chi connectivity index (χ0n) is 11.0. The fourth-order valence-corrected chi connectivity index (χ4v) is 2.25. The Bertz CT molecular complexity index is 682. The van der Waals surface area contributed by atoms with Crippen LogP contribution < -0.4 is 5.73 Å². The van der Waals surface area contributed by atoms with E-state index in [1.165, 1.54) is 0 Å². The molecule has 0 unspecified atom stereocenters. The van der Waals surface area contributed by atoms with Crippen molar-refractivity contribution in [2.75, 3.05) is 6.54 Å². The van der Waals surface area contributed by atoms with E-state index in [1.54, 1.807) is 0 Å². The van der Waals surface area contributed by atoms with E-state index in [0.717, 1.165) is 22.5 Å². The van der Waals surface area contributed by atoms with Gasteiger partial charge in [0.25, 0.3) is 0 Å². The Morgan fingerprint density at radius 1 is 1.00 bits per heavy atom. The Hall–Kier alpha value is -1.55. The van der Waals surface area contributed by atoms with Gasteiger partial charge in [0.15, 0.2) is 0 Å². The summed E-state index contributed by atoms with van der Waals surface area (Å²) < 4.78 is 0. The van der Waals surface area contributed by atoms with Gasteiger partial charge in [0.1, 0.15) is 5.84 Å². The van der Waals surface area contributed by atoms with E-state index in [0.29, 0.717) is 17.4 Å². The molecule has 6 heteroatoms. The molecule has 3 nitrogen and oxygen atoms in total. The molecule has 0 amide bonds. The summed E-state index contributed by atoms with van der Waals surface area (Å²) in [6, 6.07) is 15.5. The molecule has 2 aromatic rings. The minimum atomic E-state index is 0. The summed E-state index contributed by atoms with van der Waals surface area (Å²) in [5.74, 6) is 0.509. The molecule has 0 aliphatic carbocycles. The topological polar surface area (TPSA) is 50.7 Å². The van der Waals surface area contributed by atoms with E-state index in [-0.39, 0.29) is 24.8 Å². The molecule has 0 spiro atoms. The molecule has 0 saturated carbocycles. The molecular weight excluding hydrogens is 329 g/mol. The zero-order valence-corrected chi connectivity index (χ0v) is 13.4. The molecule has 3 rings (SSSR count). The number of aliphatic imine (C=N–C) groups is 2. The molecule has 1 heterocycles. The molecule has 0 aromatic heterocycles. The number of halogens is 3. The van der Waals surface area contributed by atoms with Crippen LogP contribution in [0.5, 0.6) is 0 Å². The van der Waals surface area contributed by atoms with Gasteiger partial charge < -0.3 is 5.73 Å². The average molecular weight is 343 g/mol. The van der Waals surface area contributed by atoms with Crippen molar-refractivity contribution in [2.45, 2.75) is 0 Å². The Morgan fingerprint density at radius 3 is 2.43 bits per heavy atom. The third-order valence-electron chi connectivity index (χ3n) is 2.92. The molecule has 0 saturated heterocycles. The third-order valence-corrected chi connectivity index (χ3v) is 3.16. The number of hydrogen-bond donors (Lipinski definition) is 1. The number of fused-ring (bicyclic) bond motifs is 1. The first-order valence-electron chi connectivity index (χ1n) is 5.97.